The van der Waals surface area contributed by atoms with Gasteiger partial charge in [-0.05, 0) is 61.7 Å². The Morgan fingerprint density at radius 1 is 1.07 bits per heavy atom. The number of hydrogen-bond acceptors (Lipinski definition) is 5. The lowest BCUT2D eigenvalue weighted by molar-refractivity contribution is -0.121. The van der Waals surface area contributed by atoms with Gasteiger partial charge in [0.2, 0.25) is 0 Å². The molecule has 1 saturated heterocycles. The van der Waals surface area contributed by atoms with Crippen LogP contribution in [0.4, 0.5) is 0 Å². The highest BCUT2D eigenvalue weighted by Gasteiger charge is 2.30. The van der Waals surface area contributed by atoms with E-state index in [2.05, 4.69) is 12.1 Å². The molecule has 6 heteroatoms. The number of aryl methyl sites for hydroxylation is 2. The van der Waals surface area contributed by atoms with Crippen molar-refractivity contribution in [2.45, 2.75) is 20.8 Å². The summed E-state index contributed by atoms with van der Waals surface area (Å²) < 4.78 is 12.2. The molecule has 2 aromatic carbocycles. The molecule has 0 aliphatic carbocycles. The molecule has 1 aliphatic rings. The molecule has 1 fully saturated rings. The van der Waals surface area contributed by atoms with Crippen molar-refractivity contribution in [3.05, 3.63) is 64.1 Å². The summed E-state index contributed by atoms with van der Waals surface area (Å²) in [4.78, 5) is 14.5. The van der Waals surface area contributed by atoms with Gasteiger partial charge in [0.25, 0.3) is 5.91 Å². The first-order valence-electron chi connectivity index (χ1n) is 9.16. The van der Waals surface area contributed by atoms with Crippen molar-refractivity contribution < 1.29 is 14.3 Å². The number of amides is 1. The van der Waals surface area contributed by atoms with E-state index in [1.165, 1.54) is 17.3 Å². The first kappa shape index (κ1) is 20.4. The number of nitrogens with zero attached hydrogens (tertiary/aromatic N) is 1. The van der Waals surface area contributed by atoms with Crippen LogP contribution >= 0.6 is 24.0 Å². The van der Waals surface area contributed by atoms with Crippen molar-refractivity contribution in [3.8, 4) is 11.5 Å². The monoisotopic (exact) mass is 413 g/mol. The Morgan fingerprint density at radius 3 is 2.46 bits per heavy atom. The first-order valence-corrected chi connectivity index (χ1v) is 10.4. The van der Waals surface area contributed by atoms with E-state index < -0.39 is 0 Å². The molecule has 0 bridgehead atoms. The Bertz CT molecular complexity index is 906. The number of likely N-dealkylation sites (N-methyl/N-ethyl adjacent to an activating group) is 1. The van der Waals surface area contributed by atoms with Crippen molar-refractivity contribution in [1.82, 2.24) is 4.90 Å². The smallest absolute Gasteiger partial charge is 0.266 e. The van der Waals surface area contributed by atoms with Gasteiger partial charge in [0.05, 0.1) is 4.91 Å². The van der Waals surface area contributed by atoms with Crippen LogP contribution in [0.25, 0.3) is 6.08 Å². The van der Waals surface area contributed by atoms with Gasteiger partial charge in [0.15, 0.2) is 0 Å². The molecular formula is C22H23NO3S2. The minimum atomic E-state index is -0.0265. The van der Waals surface area contributed by atoms with E-state index in [4.69, 9.17) is 21.7 Å². The molecule has 0 radical (unpaired) electrons. The number of rotatable bonds is 7. The lowest BCUT2D eigenvalue weighted by atomic mass is 10.1. The lowest BCUT2D eigenvalue weighted by Crippen LogP contribution is -2.27. The number of benzene rings is 2. The third kappa shape index (κ3) is 4.94. The quantitative estimate of drug-likeness (QED) is 0.364. The van der Waals surface area contributed by atoms with E-state index in [1.807, 2.05) is 57.2 Å². The molecular weight excluding hydrogens is 390 g/mol. The SMILES string of the molecule is CCN1C(=O)C(=Cc2ccc(OCCOc3cc(C)ccc3C)cc2)SC1=S. The van der Waals surface area contributed by atoms with E-state index in [9.17, 15) is 4.79 Å². The van der Waals surface area contributed by atoms with E-state index in [0.29, 0.717) is 29.0 Å². The summed E-state index contributed by atoms with van der Waals surface area (Å²) in [5.74, 6) is 1.63. The van der Waals surface area contributed by atoms with E-state index >= 15 is 0 Å². The van der Waals surface area contributed by atoms with Gasteiger partial charge in [-0.15, -0.1) is 0 Å². The van der Waals surface area contributed by atoms with Crippen LogP contribution in [-0.2, 0) is 4.79 Å². The summed E-state index contributed by atoms with van der Waals surface area (Å²) in [6.07, 6.45) is 1.86. The van der Waals surface area contributed by atoms with Gasteiger partial charge >= 0.3 is 0 Å². The number of hydrogen-bond donors (Lipinski definition) is 0. The zero-order chi connectivity index (χ0) is 20.1. The van der Waals surface area contributed by atoms with Crippen LogP contribution in [0.1, 0.15) is 23.6 Å². The molecule has 0 saturated carbocycles. The molecule has 0 aromatic heterocycles. The van der Waals surface area contributed by atoms with Gasteiger partial charge < -0.3 is 9.47 Å². The summed E-state index contributed by atoms with van der Waals surface area (Å²) in [5, 5.41) is 0. The number of ether oxygens (including phenoxy) is 2. The molecule has 0 spiro atoms. The maximum atomic E-state index is 12.3. The average molecular weight is 414 g/mol. The Kier molecular flexibility index (Phi) is 6.75. The summed E-state index contributed by atoms with van der Waals surface area (Å²) in [6.45, 7) is 7.53. The van der Waals surface area contributed by atoms with Crippen molar-refractivity contribution in [2.75, 3.05) is 19.8 Å². The maximum absolute atomic E-state index is 12.3. The van der Waals surface area contributed by atoms with Crippen LogP contribution in [0.5, 0.6) is 11.5 Å². The molecule has 0 N–H and O–H groups in total. The second kappa shape index (κ2) is 9.26. The predicted octanol–water partition coefficient (Wildman–Crippen LogP) is 4.98. The second-order valence-corrected chi connectivity index (χ2v) is 8.14. The number of carbonyl (C=O) groups excluding carboxylic acids is 1. The highest BCUT2D eigenvalue weighted by molar-refractivity contribution is 8.26. The fraction of sp³-hybridized carbons (Fsp3) is 0.273. The molecule has 1 heterocycles. The fourth-order valence-electron chi connectivity index (χ4n) is 2.76. The molecule has 28 heavy (non-hydrogen) atoms. The van der Waals surface area contributed by atoms with E-state index in [-0.39, 0.29) is 5.91 Å². The topological polar surface area (TPSA) is 38.8 Å². The molecule has 1 amide bonds. The molecule has 3 rings (SSSR count). The molecule has 2 aromatic rings. The van der Waals surface area contributed by atoms with Crippen LogP contribution < -0.4 is 9.47 Å². The van der Waals surface area contributed by atoms with Crippen LogP contribution in [0.3, 0.4) is 0 Å². The van der Waals surface area contributed by atoms with Gasteiger partial charge in [-0.1, -0.05) is 48.2 Å². The fourth-order valence-corrected chi connectivity index (χ4v) is 4.14. The highest BCUT2D eigenvalue weighted by atomic mass is 32.2. The Hall–Kier alpha value is -2.31. The molecule has 0 unspecified atom stereocenters. The Labute approximate surface area is 175 Å². The summed E-state index contributed by atoms with van der Waals surface area (Å²) in [5.41, 5.74) is 3.23. The Balaban J connectivity index is 1.52. The predicted molar refractivity (Wildman–Crippen MR) is 119 cm³/mol. The van der Waals surface area contributed by atoms with Crippen LogP contribution in [0.2, 0.25) is 0 Å². The van der Waals surface area contributed by atoms with Gasteiger partial charge in [-0.2, -0.15) is 0 Å². The number of carbonyl (C=O) groups is 1. The highest BCUT2D eigenvalue weighted by Crippen LogP contribution is 2.32. The standard InChI is InChI=1S/C22H23NO3S2/c1-4-23-21(24)20(28-22(23)27)14-17-7-9-18(10-8-17)25-11-12-26-19-13-15(2)5-6-16(19)3/h5-10,13-14H,4,11-12H2,1-3H3. The zero-order valence-electron chi connectivity index (χ0n) is 16.2. The number of thiocarbonyl (C=S) groups is 1. The second-order valence-electron chi connectivity index (χ2n) is 6.46. The average Bonchev–Trinajstić information content (AvgIpc) is 2.95. The van der Waals surface area contributed by atoms with Gasteiger partial charge in [0.1, 0.15) is 29.0 Å². The zero-order valence-corrected chi connectivity index (χ0v) is 17.9. The van der Waals surface area contributed by atoms with E-state index in [0.717, 1.165) is 22.6 Å². The van der Waals surface area contributed by atoms with Crippen molar-refractivity contribution >= 4 is 40.3 Å². The van der Waals surface area contributed by atoms with Gasteiger partial charge in [-0.3, -0.25) is 9.69 Å². The summed E-state index contributed by atoms with van der Waals surface area (Å²) in [6, 6.07) is 13.8. The molecule has 1 aliphatic heterocycles. The van der Waals surface area contributed by atoms with Crippen molar-refractivity contribution in [3.63, 3.8) is 0 Å². The Morgan fingerprint density at radius 2 is 1.79 bits per heavy atom. The van der Waals surface area contributed by atoms with Crippen LogP contribution in [0.15, 0.2) is 47.4 Å². The summed E-state index contributed by atoms with van der Waals surface area (Å²) in [7, 11) is 0. The largest absolute Gasteiger partial charge is 0.490 e. The molecule has 0 atom stereocenters. The van der Waals surface area contributed by atoms with E-state index in [1.54, 1.807) is 4.90 Å². The molecule has 146 valence electrons. The van der Waals surface area contributed by atoms with Crippen LogP contribution in [0, 0.1) is 13.8 Å². The minimum absolute atomic E-state index is 0.0265. The summed E-state index contributed by atoms with van der Waals surface area (Å²) >= 11 is 6.58. The maximum Gasteiger partial charge on any atom is 0.266 e. The normalized spacial score (nSPS) is 15.4. The van der Waals surface area contributed by atoms with Crippen molar-refractivity contribution in [1.29, 1.82) is 0 Å². The number of thioether (sulfide) groups is 1. The first-order chi connectivity index (χ1) is 13.5. The minimum Gasteiger partial charge on any atom is -0.490 e. The molecule has 4 nitrogen and oxygen atoms in total. The lowest BCUT2D eigenvalue weighted by Gasteiger charge is -2.11. The third-order valence-electron chi connectivity index (χ3n) is 4.32. The van der Waals surface area contributed by atoms with Crippen LogP contribution in [-0.4, -0.2) is 34.9 Å². The van der Waals surface area contributed by atoms with Gasteiger partial charge in [0, 0.05) is 6.54 Å². The van der Waals surface area contributed by atoms with Crippen molar-refractivity contribution in [2.24, 2.45) is 0 Å². The van der Waals surface area contributed by atoms with Gasteiger partial charge in [-0.25, -0.2) is 0 Å². The third-order valence-corrected chi connectivity index (χ3v) is 5.70.